The number of hydrogen-bond donors (Lipinski definition) is 1. The Labute approximate surface area is 122 Å². The van der Waals surface area contributed by atoms with Crippen molar-refractivity contribution >= 4 is 22.5 Å². The SMILES string of the molecule is CC(=O)Cc1cccc(-c2ccc3ncnc(N)c3c2)c1. The third kappa shape index (κ3) is 2.74. The monoisotopic (exact) mass is 277 g/mol. The fourth-order valence-electron chi connectivity index (χ4n) is 2.40. The normalized spacial score (nSPS) is 10.7. The highest BCUT2D eigenvalue weighted by Crippen LogP contribution is 2.26. The number of carbonyl (C=O) groups excluding carboxylic acids is 1. The molecule has 4 heteroatoms. The van der Waals surface area contributed by atoms with Crippen molar-refractivity contribution in [1.82, 2.24) is 9.97 Å². The number of anilines is 1. The van der Waals surface area contributed by atoms with Crippen LogP contribution in [0.15, 0.2) is 48.8 Å². The summed E-state index contributed by atoms with van der Waals surface area (Å²) in [6, 6.07) is 13.9. The minimum Gasteiger partial charge on any atom is -0.383 e. The second kappa shape index (κ2) is 5.32. The van der Waals surface area contributed by atoms with E-state index in [0.717, 1.165) is 27.6 Å². The number of rotatable bonds is 3. The molecule has 2 aromatic carbocycles. The predicted molar refractivity (Wildman–Crippen MR) is 83.8 cm³/mol. The van der Waals surface area contributed by atoms with Gasteiger partial charge in [-0.25, -0.2) is 9.97 Å². The summed E-state index contributed by atoms with van der Waals surface area (Å²) in [7, 11) is 0. The van der Waals surface area contributed by atoms with Crippen molar-refractivity contribution in [3.05, 3.63) is 54.4 Å². The van der Waals surface area contributed by atoms with Gasteiger partial charge >= 0.3 is 0 Å². The van der Waals surface area contributed by atoms with Gasteiger partial charge in [-0.1, -0.05) is 30.3 Å². The Hall–Kier alpha value is -2.75. The minimum atomic E-state index is 0.156. The number of benzene rings is 2. The van der Waals surface area contributed by atoms with Crippen molar-refractivity contribution in [2.24, 2.45) is 0 Å². The average molecular weight is 277 g/mol. The number of nitrogen functional groups attached to an aromatic ring is 1. The van der Waals surface area contributed by atoms with E-state index >= 15 is 0 Å². The minimum absolute atomic E-state index is 0.156. The van der Waals surface area contributed by atoms with Crippen molar-refractivity contribution in [3.63, 3.8) is 0 Å². The van der Waals surface area contributed by atoms with Crippen LogP contribution in [0.1, 0.15) is 12.5 Å². The third-order valence-electron chi connectivity index (χ3n) is 3.38. The summed E-state index contributed by atoms with van der Waals surface area (Å²) in [6.07, 6.45) is 1.91. The van der Waals surface area contributed by atoms with E-state index in [-0.39, 0.29) is 5.78 Å². The van der Waals surface area contributed by atoms with E-state index in [4.69, 9.17) is 5.73 Å². The van der Waals surface area contributed by atoms with E-state index < -0.39 is 0 Å². The number of carbonyl (C=O) groups is 1. The van der Waals surface area contributed by atoms with Crippen molar-refractivity contribution in [2.75, 3.05) is 5.73 Å². The quantitative estimate of drug-likeness (QED) is 0.799. The summed E-state index contributed by atoms with van der Waals surface area (Å²) < 4.78 is 0. The van der Waals surface area contributed by atoms with Gasteiger partial charge in [-0.15, -0.1) is 0 Å². The number of aromatic nitrogens is 2. The van der Waals surface area contributed by atoms with Crippen LogP contribution in [0.3, 0.4) is 0 Å². The average Bonchev–Trinajstić information content (AvgIpc) is 2.47. The molecule has 0 saturated heterocycles. The lowest BCUT2D eigenvalue weighted by atomic mass is 9.99. The molecule has 2 N–H and O–H groups in total. The lowest BCUT2D eigenvalue weighted by molar-refractivity contribution is -0.116. The van der Waals surface area contributed by atoms with Crippen molar-refractivity contribution in [3.8, 4) is 11.1 Å². The summed E-state index contributed by atoms with van der Waals surface area (Å²) in [5.41, 5.74) is 9.83. The summed E-state index contributed by atoms with van der Waals surface area (Å²) in [6.45, 7) is 1.60. The Bertz CT molecular complexity index is 827. The first-order chi connectivity index (χ1) is 10.1. The van der Waals surface area contributed by atoms with E-state index in [2.05, 4.69) is 9.97 Å². The molecule has 1 heterocycles. The van der Waals surface area contributed by atoms with Crippen LogP contribution in [0, 0.1) is 0 Å². The summed E-state index contributed by atoms with van der Waals surface area (Å²) in [5, 5.41) is 0.840. The largest absolute Gasteiger partial charge is 0.383 e. The van der Waals surface area contributed by atoms with Gasteiger partial charge in [0.15, 0.2) is 0 Å². The van der Waals surface area contributed by atoms with Crippen LogP contribution in [0.4, 0.5) is 5.82 Å². The Morgan fingerprint density at radius 2 is 1.90 bits per heavy atom. The maximum absolute atomic E-state index is 11.2. The van der Waals surface area contributed by atoms with Gasteiger partial charge in [-0.2, -0.15) is 0 Å². The number of ketones is 1. The van der Waals surface area contributed by atoms with Gasteiger partial charge in [0.1, 0.15) is 17.9 Å². The molecule has 0 bridgehead atoms. The second-order valence-corrected chi connectivity index (χ2v) is 5.07. The fourth-order valence-corrected chi connectivity index (χ4v) is 2.40. The van der Waals surface area contributed by atoms with E-state index in [9.17, 15) is 4.79 Å². The van der Waals surface area contributed by atoms with E-state index in [1.54, 1.807) is 6.92 Å². The fraction of sp³-hybridized carbons (Fsp3) is 0.118. The molecule has 0 spiro atoms. The van der Waals surface area contributed by atoms with Crippen molar-refractivity contribution < 1.29 is 4.79 Å². The van der Waals surface area contributed by atoms with Crippen LogP contribution in [0.2, 0.25) is 0 Å². The van der Waals surface area contributed by atoms with Crippen LogP contribution >= 0.6 is 0 Å². The first kappa shape index (κ1) is 13.2. The molecule has 0 aliphatic heterocycles. The molecule has 0 fully saturated rings. The van der Waals surface area contributed by atoms with Gasteiger partial charge in [-0.05, 0) is 35.7 Å². The number of Topliss-reactive ketones (excluding diaryl/α,β-unsaturated/α-hetero) is 1. The van der Waals surface area contributed by atoms with Crippen LogP contribution in [-0.2, 0) is 11.2 Å². The zero-order valence-corrected chi connectivity index (χ0v) is 11.7. The summed E-state index contributed by atoms with van der Waals surface area (Å²) in [5.74, 6) is 0.630. The Kier molecular flexibility index (Phi) is 3.36. The molecule has 1 aromatic heterocycles. The van der Waals surface area contributed by atoms with Crippen molar-refractivity contribution in [1.29, 1.82) is 0 Å². The van der Waals surface area contributed by atoms with E-state index in [1.165, 1.54) is 6.33 Å². The highest BCUT2D eigenvalue weighted by atomic mass is 16.1. The maximum Gasteiger partial charge on any atom is 0.134 e. The molecule has 104 valence electrons. The van der Waals surface area contributed by atoms with Crippen LogP contribution in [0.5, 0.6) is 0 Å². The highest BCUT2D eigenvalue weighted by Gasteiger charge is 2.05. The lowest BCUT2D eigenvalue weighted by Gasteiger charge is -2.07. The molecule has 3 rings (SSSR count). The lowest BCUT2D eigenvalue weighted by Crippen LogP contribution is -1.96. The molecule has 0 radical (unpaired) electrons. The Morgan fingerprint density at radius 1 is 1.10 bits per heavy atom. The van der Waals surface area contributed by atoms with Gasteiger partial charge in [-0.3, -0.25) is 4.79 Å². The molecule has 0 aliphatic rings. The van der Waals surface area contributed by atoms with E-state index in [0.29, 0.717) is 12.2 Å². The number of hydrogen-bond acceptors (Lipinski definition) is 4. The van der Waals surface area contributed by atoms with Gasteiger partial charge in [0.2, 0.25) is 0 Å². The second-order valence-electron chi connectivity index (χ2n) is 5.07. The highest BCUT2D eigenvalue weighted by molar-refractivity contribution is 5.91. The Balaban J connectivity index is 2.08. The standard InChI is InChI=1S/C17H15N3O/c1-11(21)7-12-3-2-4-13(8-12)14-5-6-16-15(9-14)17(18)20-10-19-16/h2-6,8-10H,7H2,1H3,(H2,18,19,20). The van der Waals surface area contributed by atoms with Gasteiger partial charge in [0.05, 0.1) is 5.52 Å². The van der Waals surface area contributed by atoms with Crippen LogP contribution < -0.4 is 5.73 Å². The summed E-state index contributed by atoms with van der Waals surface area (Å²) in [4.78, 5) is 19.5. The third-order valence-corrected chi connectivity index (χ3v) is 3.38. The van der Waals surface area contributed by atoms with Crippen LogP contribution in [-0.4, -0.2) is 15.8 Å². The maximum atomic E-state index is 11.2. The van der Waals surface area contributed by atoms with E-state index in [1.807, 2.05) is 42.5 Å². The molecule has 0 amide bonds. The molecule has 3 aromatic rings. The number of fused-ring (bicyclic) bond motifs is 1. The molecular formula is C17H15N3O. The van der Waals surface area contributed by atoms with Gasteiger partial charge in [0.25, 0.3) is 0 Å². The smallest absolute Gasteiger partial charge is 0.134 e. The molecule has 4 nitrogen and oxygen atoms in total. The van der Waals surface area contributed by atoms with Gasteiger partial charge < -0.3 is 5.73 Å². The molecule has 21 heavy (non-hydrogen) atoms. The Morgan fingerprint density at radius 3 is 2.71 bits per heavy atom. The number of nitrogens with zero attached hydrogens (tertiary/aromatic N) is 2. The van der Waals surface area contributed by atoms with Gasteiger partial charge in [0, 0.05) is 11.8 Å². The molecule has 0 saturated carbocycles. The molecular weight excluding hydrogens is 262 g/mol. The zero-order valence-electron chi connectivity index (χ0n) is 11.7. The topological polar surface area (TPSA) is 68.9 Å². The first-order valence-corrected chi connectivity index (χ1v) is 6.72. The molecule has 0 unspecified atom stereocenters. The molecule has 0 atom stereocenters. The van der Waals surface area contributed by atoms with Crippen LogP contribution in [0.25, 0.3) is 22.0 Å². The number of nitrogens with two attached hydrogens (primary N) is 1. The van der Waals surface area contributed by atoms with Crippen molar-refractivity contribution in [2.45, 2.75) is 13.3 Å². The predicted octanol–water partition coefficient (Wildman–Crippen LogP) is 3.01. The molecule has 0 aliphatic carbocycles. The summed E-state index contributed by atoms with van der Waals surface area (Å²) >= 11 is 0. The zero-order chi connectivity index (χ0) is 14.8. The first-order valence-electron chi connectivity index (χ1n) is 6.72.